The second-order valence-corrected chi connectivity index (χ2v) is 8.80. The van der Waals surface area contributed by atoms with Gasteiger partial charge in [-0.3, -0.25) is 9.36 Å². The lowest BCUT2D eigenvalue weighted by molar-refractivity contribution is -0.122. The first kappa shape index (κ1) is 21.6. The zero-order valence-electron chi connectivity index (χ0n) is 17.1. The van der Waals surface area contributed by atoms with Crippen molar-refractivity contribution in [3.05, 3.63) is 84.6 Å². The SMILES string of the molecule is C[C@H](NS(=O)(=O)c1ccccc1F)C(=O)NCc1ccc(-n2cnc3ccccc32)nc1. The molecule has 0 aliphatic carbocycles. The van der Waals surface area contributed by atoms with E-state index in [1.165, 1.54) is 19.1 Å². The molecule has 0 unspecified atom stereocenters. The largest absolute Gasteiger partial charge is 0.351 e. The van der Waals surface area contributed by atoms with E-state index in [4.69, 9.17) is 0 Å². The Morgan fingerprint density at radius 1 is 1.06 bits per heavy atom. The molecule has 0 fully saturated rings. The molecule has 164 valence electrons. The molecule has 1 amide bonds. The van der Waals surface area contributed by atoms with E-state index in [0.717, 1.165) is 28.7 Å². The van der Waals surface area contributed by atoms with Gasteiger partial charge in [-0.05, 0) is 42.8 Å². The number of hydrogen-bond donors (Lipinski definition) is 2. The number of nitrogens with one attached hydrogen (secondary N) is 2. The summed E-state index contributed by atoms with van der Waals surface area (Å²) in [5.41, 5.74) is 2.52. The minimum atomic E-state index is -4.17. The summed E-state index contributed by atoms with van der Waals surface area (Å²) in [7, 11) is -4.17. The first-order valence-corrected chi connectivity index (χ1v) is 11.3. The fourth-order valence-corrected chi connectivity index (χ4v) is 4.44. The summed E-state index contributed by atoms with van der Waals surface area (Å²) in [5, 5.41) is 2.65. The van der Waals surface area contributed by atoms with Gasteiger partial charge in [0.1, 0.15) is 22.9 Å². The number of pyridine rings is 1. The highest BCUT2D eigenvalue weighted by Crippen LogP contribution is 2.17. The van der Waals surface area contributed by atoms with Crippen molar-refractivity contribution in [2.45, 2.75) is 24.4 Å². The number of rotatable bonds is 7. The molecule has 0 saturated carbocycles. The van der Waals surface area contributed by atoms with E-state index in [0.29, 0.717) is 5.82 Å². The monoisotopic (exact) mass is 453 g/mol. The number of imidazole rings is 1. The molecule has 2 aromatic heterocycles. The fourth-order valence-electron chi connectivity index (χ4n) is 3.16. The highest BCUT2D eigenvalue weighted by Gasteiger charge is 2.24. The number of para-hydroxylation sites is 2. The van der Waals surface area contributed by atoms with E-state index >= 15 is 0 Å². The molecule has 0 radical (unpaired) electrons. The third-order valence-electron chi connectivity index (χ3n) is 4.83. The van der Waals surface area contributed by atoms with Crippen LogP contribution in [0.25, 0.3) is 16.9 Å². The molecule has 0 aliphatic heterocycles. The molecule has 10 heteroatoms. The van der Waals surface area contributed by atoms with Gasteiger partial charge in [0.05, 0.1) is 17.1 Å². The molecule has 4 rings (SSSR count). The maximum Gasteiger partial charge on any atom is 0.244 e. The standard InChI is InChI=1S/C22H20FN5O3S/c1-15(27-32(30,31)20-9-5-2-6-17(20)23)22(29)25-13-16-10-11-21(24-12-16)28-14-26-18-7-3-4-8-19(18)28/h2-12,14-15,27H,13H2,1H3,(H,25,29)/t15-/m0/s1. The van der Waals surface area contributed by atoms with Crippen molar-refractivity contribution >= 4 is 27.0 Å². The van der Waals surface area contributed by atoms with Crippen molar-refractivity contribution in [2.24, 2.45) is 0 Å². The third-order valence-corrected chi connectivity index (χ3v) is 6.40. The van der Waals surface area contributed by atoms with E-state index in [1.54, 1.807) is 18.6 Å². The summed E-state index contributed by atoms with van der Waals surface area (Å²) in [6.07, 6.45) is 3.32. The Kier molecular flexibility index (Phi) is 5.97. The fraction of sp³-hybridized carbons (Fsp3) is 0.136. The summed E-state index contributed by atoms with van der Waals surface area (Å²) in [6.45, 7) is 1.54. The first-order valence-electron chi connectivity index (χ1n) is 9.77. The molecule has 0 saturated heterocycles. The lowest BCUT2D eigenvalue weighted by Gasteiger charge is -2.15. The third kappa shape index (κ3) is 4.51. The van der Waals surface area contributed by atoms with Crippen LogP contribution in [-0.2, 0) is 21.4 Å². The number of carbonyl (C=O) groups excluding carboxylic acids is 1. The van der Waals surface area contributed by atoms with Gasteiger partial charge in [0.15, 0.2) is 0 Å². The number of amides is 1. The van der Waals surface area contributed by atoms with Crippen molar-refractivity contribution in [1.82, 2.24) is 24.6 Å². The highest BCUT2D eigenvalue weighted by molar-refractivity contribution is 7.89. The molecular weight excluding hydrogens is 433 g/mol. The smallest absolute Gasteiger partial charge is 0.244 e. The van der Waals surface area contributed by atoms with Crippen molar-refractivity contribution < 1.29 is 17.6 Å². The Morgan fingerprint density at radius 2 is 1.81 bits per heavy atom. The second-order valence-electron chi connectivity index (χ2n) is 7.12. The first-order chi connectivity index (χ1) is 15.3. The van der Waals surface area contributed by atoms with Crippen LogP contribution in [0.2, 0.25) is 0 Å². The van der Waals surface area contributed by atoms with Crippen LogP contribution in [0.5, 0.6) is 0 Å². The lowest BCUT2D eigenvalue weighted by Crippen LogP contribution is -2.44. The minimum Gasteiger partial charge on any atom is -0.351 e. The van der Waals surface area contributed by atoms with E-state index in [1.807, 2.05) is 34.9 Å². The predicted molar refractivity (Wildman–Crippen MR) is 117 cm³/mol. The molecule has 1 atom stereocenters. The van der Waals surface area contributed by atoms with Crippen LogP contribution in [0.3, 0.4) is 0 Å². The van der Waals surface area contributed by atoms with Crippen LogP contribution in [0.1, 0.15) is 12.5 Å². The average Bonchev–Trinajstić information content (AvgIpc) is 3.22. The number of fused-ring (bicyclic) bond motifs is 1. The van der Waals surface area contributed by atoms with E-state index < -0.39 is 32.7 Å². The molecule has 2 aromatic carbocycles. The second kappa shape index (κ2) is 8.85. The summed E-state index contributed by atoms with van der Waals surface area (Å²) in [4.78, 5) is 20.6. The molecule has 2 N–H and O–H groups in total. The van der Waals surface area contributed by atoms with Crippen LogP contribution in [0.4, 0.5) is 4.39 Å². The van der Waals surface area contributed by atoms with Gasteiger partial charge in [-0.15, -0.1) is 0 Å². The summed E-state index contributed by atoms with van der Waals surface area (Å²) in [5.74, 6) is -0.751. The number of nitrogens with zero attached hydrogens (tertiary/aromatic N) is 3. The molecule has 0 bridgehead atoms. The maximum atomic E-state index is 13.8. The Balaban J connectivity index is 1.38. The molecule has 0 spiro atoms. The Labute approximate surface area is 184 Å². The van der Waals surface area contributed by atoms with Crippen molar-refractivity contribution in [1.29, 1.82) is 0 Å². The van der Waals surface area contributed by atoms with Gasteiger partial charge in [-0.2, -0.15) is 4.72 Å². The van der Waals surface area contributed by atoms with Gasteiger partial charge in [0.25, 0.3) is 0 Å². The molecule has 2 heterocycles. The number of sulfonamides is 1. The normalized spacial score (nSPS) is 12.6. The van der Waals surface area contributed by atoms with Crippen LogP contribution in [0.15, 0.2) is 78.1 Å². The van der Waals surface area contributed by atoms with E-state index in [9.17, 15) is 17.6 Å². The van der Waals surface area contributed by atoms with Crippen molar-refractivity contribution in [2.75, 3.05) is 0 Å². The number of carbonyl (C=O) groups is 1. The summed E-state index contributed by atoms with van der Waals surface area (Å²) < 4.78 is 42.5. The zero-order valence-corrected chi connectivity index (χ0v) is 17.9. The highest BCUT2D eigenvalue weighted by atomic mass is 32.2. The summed E-state index contributed by atoms with van der Waals surface area (Å²) >= 11 is 0. The van der Waals surface area contributed by atoms with Crippen molar-refractivity contribution in [3.63, 3.8) is 0 Å². The zero-order chi connectivity index (χ0) is 22.7. The number of halogens is 1. The predicted octanol–water partition coefficient (Wildman–Crippen LogP) is 2.54. The average molecular weight is 453 g/mol. The van der Waals surface area contributed by atoms with Gasteiger partial charge in [-0.1, -0.05) is 30.3 Å². The molecular formula is C22H20FN5O3S. The van der Waals surface area contributed by atoms with Crippen LogP contribution >= 0.6 is 0 Å². The van der Waals surface area contributed by atoms with Crippen molar-refractivity contribution in [3.8, 4) is 5.82 Å². The Hall–Kier alpha value is -3.63. The summed E-state index contributed by atoms with van der Waals surface area (Å²) in [6, 6.07) is 15.2. The van der Waals surface area contributed by atoms with Gasteiger partial charge in [-0.25, -0.2) is 22.8 Å². The van der Waals surface area contributed by atoms with Gasteiger partial charge >= 0.3 is 0 Å². The van der Waals surface area contributed by atoms with E-state index in [2.05, 4.69) is 20.0 Å². The van der Waals surface area contributed by atoms with Crippen LogP contribution in [-0.4, -0.2) is 34.9 Å². The topological polar surface area (TPSA) is 106 Å². The van der Waals surface area contributed by atoms with Crippen LogP contribution in [0, 0.1) is 5.82 Å². The molecule has 0 aliphatic rings. The lowest BCUT2D eigenvalue weighted by atomic mass is 10.2. The van der Waals surface area contributed by atoms with E-state index in [-0.39, 0.29) is 6.54 Å². The van der Waals surface area contributed by atoms with Gasteiger partial charge in [0, 0.05) is 12.7 Å². The maximum absolute atomic E-state index is 13.8. The van der Waals surface area contributed by atoms with Gasteiger partial charge < -0.3 is 5.32 Å². The minimum absolute atomic E-state index is 0.155. The molecule has 32 heavy (non-hydrogen) atoms. The van der Waals surface area contributed by atoms with Crippen LogP contribution < -0.4 is 10.0 Å². The Morgan fingerprint density at radius 3 is 2.56 bits per heavy atom. The number of aromatic nitrogens is 3. The molecule has 4 aromatic rings. The quantitative estimate of drug-likeness (QED) is 0.447. The Bertz CT molecular complexity index is 1370. The number of benzene rings is 2. The molecule has 8 nitrogen and oxygen atoms in total. The van der Waals surface area contributed by atoms with Gasteiger partial charge in [0.2, 0.25) is 15.9 Å². The number of hydrogen-bond acceptors (Lipinski definition) is 5.